The summed E-state index contributed by atoms with van der Waals surface area (Å²) in [7, 11) is 0. The van der Waals surface area contributed by atoms with E-state index in [-0.39, 0.29) is 22.2 Å². The summed E-state index contributed by atoms with van der Waals surface area (Å²) in [5, 5.41) is 16.1. The number of rotatable bonds is 10. The molecule has 2 aliphatic rings. The SMILES string of the molecule is CCn1nccc1C(=O)N[C@H](C(=O)Nc1ccc(/C(C)=C(/NC(=O)c2cnns2)C(=O)N2CCOCC2)cc1F)[C@H]1CC[C@H](C)CC1. The van der Waals surface area contributed by atoms with Crippen molar-refractivity contribution < 1.29 is 28.3 Å². The third kappa shape index (κ3) is 8.08. The summed E-state index contributed by atoms with van der Waals surface area (Å²) in [5.74, 6) is -2.27. The summed E-state index contributed by atoms with van der Waals surface area (Å²) in [5.41, 5.74) is 0.918. The lowest BCUT2D eigenvalue weighted by atomic mass is 9.79. The second-order valence-electron chi connectivity index (χ2n) is 11.8. The lowest BCUT2D eigenvalue weighted by molar-refractivity contribution is -0.131. The van der Waals surface area contributed by atoms with Gasteiger partial charge >= 0.3 is 0 Å². The van der Waals surface area contributed by atoms with Crippen molar-refractivity contribution in [1.82, 2.24) is 34.9 Å². The Hall–Kier alpha value is -4.50. The molecule has 3 N–H and O–H groups in total. The minimum Gasteiger partial charge on any atom is -0.378 e. The molecule has 47 heavy (non-hydrogen) atoms. The van der Waals surface area contributed by atoms with Gasteiger partial charge in [0.05, 0.1) is 25.1 Å². The quantitative estimate of drug-likeness (QED) is 0.277. The Bertz CT molecular complexity index is 1630. The van der Waals surface area contributed by atoms with Crippen LogP contribution in [0.15, 0.2) is 42.4 Å². The number of aryl methyl sites for hydroxylation is 1. The van der Waals surface area contributed by atoms with Gasteiger partial charge in [0.1, 0.15) is 28.1 Å². The van der Waals surface area contributed by atoms with Gasteiger partial charge in [0, 0.05) is 25.8 Å². The number of carbonyl (C=O) groups is 4. The smallest absolute Gasteiger partial charge is 0.270 e. The molecule has 250 valence electrons. The number of carbonyl (C=O) groups excluding carboxylic acids is 4. The fraction of sp³-hybridized carbons (Fsp3) is 0.469. The molecule has 5 rings (SSSR count). The molecule has 1 saturated carbocycles. The average molecular weight is 667 g/mol. The summed E-state index contributed by atoms with van der Waals surface area (Å²) in [6.45, 7) is 7.53. The molecule has 13 nitrogen and oxygen atoms in total. The standard InChI is InChI=1S/C32H39FN8O5S/c1-4-41-25(11-12-35-41)29(42)38-28(21-7-5-19(2)6-8-21)31(44)36-24-10-9-22(17-23(24)33)20(3)27(32(45)40-13-15-46-16-14-40)37-30(43)26-18-34-39-47-26/h9-12,17-19,21,28H,4-8,13-16H2,1-3H3,(H,36,44)(H,37,43)(H,38,42)/b27-20+/t19-,21-,28-/m0/s1. The third-order valence-electron chi connectivity index (χ3n) is 8.72. The molecule has 2 fully saturated rings. The maximum Gasteiger partial charge on any atom is 0.270 e. The fourth-order valence-electron chi connectivity index (χ4n) is 5.89. The molecule has 0 unspecified atom stereocenters. The molecule has 3 heterocycles. The molecular weight excluding hydrogens is 627 g/mol. The van der Waals surface area contributed by atoms with Crippen LogP contribution in [-0.2, 0) is 20.9 Å². The van der Waals surface area contributed by atoms with Gasteiger partial charge in [-0.15, -0.1) is 5.10 Å². The fourth-order valence-corrected chi connectivity index (χ4v) is 6.30. The highest BCUT2D eigenvalue weighted by Gasteiger charge is 2.34. The van der Waals surface area contributed by atoms with Gasteiger partial charge in [-0.25, -0.2) is 4.39 Å². The van der Waals surface area contributed by atoms with Gasteiger partial charge in [-0.1, -0.05) is 30.3 Å². The summed E-state index contributed by atoms with van der Waals surface area (Å²) in [4.78, 5) is 55.2. The number of morpholine rings is 1. The highest BCUT2D eigenvalue weighted by Crippen LogP contribution is 2.32. The van der Waals surface area contributed by atoms with Crippen molar-refractivity contribution in [2.75, 3.05) is 31.6 Å². The second kappa shape index (κ2) is 15.4. The Kier molecular flexibility index (Phi) is 11.1. The van der Waals surface area contributed by atoms with Crippen molar-refractivity contribution in [2.24, 2.45) is 11.8 Å². The van der Waals surface area contributed by atoms with Crippen LogP contribution in [0.5, 0.6) is 0 Å². The Morgan fingerprint density at radius 3 is 2.49 bits per heavy atom. The number of nitrogens with zero attached hydrogens (tertiary/aromatic N) is 5. The number of hydrogen-bond acceptors (Lipinski definition) is 9. The van der Waals surface area contributed by atoms with E-state index in [0.29, 0.717) is 55.6 Å². The molecule has 1 aromatic carbocycles. The van der Waals surface area contributed by atoms with Crippen LogP contribution in [0.1, 0.15) is 72.2 Å². The van der Waals surface area contributed by atoms with Gasteiger partial charge in [0.15, 0.2) is 0 Å². The van der Waals surface area contributed by atoms with Crippen LogP contribution in [0, 0.1) is 17.7 Å². The van der Waals surface area contributed by atoms with Crippen molar-refractivity contribution in [2.45, 2.75) is 59.0 Å². The predicted molar refractivity (Wildman–Crippen MR) is 173 cm³/mol. The zero-order valence-corrected chi connectivity index (χ0v) is 27.4. The van der Waals surface area contributed by atoms with E-state index in [1.54, 1.807) is 28.6 Å². The van der Waals surface area contributed by atoms with E-state index in [9.17, 15) is 19.2 Å². The van der Waals surface area contributed by atoms with Crippen molar-refractivity contribution in [1.29, 1.82) is 0 Å². The topological polar surface area (TPSA) is 160 Å². The predicted octanol–water partition coefficient (Wildman–Crippen LogP) is 3.48. The molecule has 0 radical (unpaired) electrons. The number of allylic oxidation sites excluding steroid dienone is 1. The molecule has 0 spiro atoms. The van der Waals surface area contributed by atoms with E-state index in [1.165, 1.54) is 24.5 Å². The number of ether oxygens (including phenoxy) is 1. The minimum absolute atomic E-state index is 0.0119. The van der Waals surface area contributed by atoms with E-state index in [1.807, 2.05) is 6.92 Å². The summed E-state index contributed by atoms with van der Waals surface area (Å²) in [6.07, 6.45) is 6.18. The number of amides is 4. The molecule has 15 heteroatoms. The zero-order chi connectivity index (χ0) is 33.5. The van der Waals surface area contributed by atoms with E-state index in [0.717, 1.165) is 37.2 Å². The monoisotopic (exact) mass is 666 g/mol. The Morgan fingerprint density at radius 2 is 1.83 bits per heavy atom. The summed E-state index contributed by atoms with van der Waals surface area (Å²) >= 11 is 0.883. The van der Waals surface area contributed by atoms with Gasteiger partial charge in [0.2, 0.25) is 5.91 Å². The maximum atomic E-state index is 15.7. The van der Waals surface area contributed by atoms with E-state index in [4.69, 9.17) is 4.74 Å². The first kappa shape index (κ1) is 33.9. The van der Waals surface area contributed by atoms with Gasteiger partial charge in [-0.2, -0.15) is 5.10 Å². The first-order valence-corrected chi connectivity index (χ1v) is 16.5. The van der Waals surface area contributed by atoms with Crippen LogP contribution in [0.25, 0.3) is 5.57 Å². The maximum absolute atomic E-state index is 15.7. The highest BCUT2D eigenvalue weighted by atomic mass is 32.1. The van der Waals surface area contributed by atoms with Gasteiger partial charge in [-0.05, 0) is 79.4 Å². The van der Waals surface area contributed by atoms with E-state index >= 15 is 4.39 Å². The molecule has 0 bridgehead atoms. The van der Waals surface area contributed by atoms with Crippen LogP contribution < -0.4 is 16.0 Å². The lowest BCUT2D eigenvalue weighted by Crippen LogP contribution is -2.49. The van der Waals surface area contributed by atoms with E-state index in [2.05, 4.69) is 37.6 Å². The molecule has 3 aromatic rings. The summed E-state index contributed by atoms with van der Waals surface area (Å²) in [6, 6.07) is 4.89. The molecule has 1 saturated heterocycles. The van der Waals surface area contributed by atoms with Gasteiger partial charge in [0.25, 0.3) is 17.7 Å². The summed E-state index contributed by atoms with van der Waals surface area (Å²) < 4.78 is 26.3. The van der Waals surface area contributed by atoms with Crippen molar-refractivity contribution in [3.8, 4) is 0 Å². The number of hydrogen-bond donors (Lipinski definition) is 3. The Labute approximate surface area is 276 Å². The van der Waals surface area contributed by atoms with Crippen molar-refractivity contribution in [3.05, 3.63) is 64.3 Å². The van der Waals surface area contributed by atoms with Crippen LogP contribution >= 0.6 is 11.5 Å². The molecule has 2 aromatic heterocycles. The van der Waals surface area contributed by atoms with Gasteiger partial charge in [-0.3, -0.25) is 23.9 Å². The number of benzene rings is 1. The van der Waals surface area contributed by atoms with Crippen LogP contribution in [-0.4, -0.2) is 80.2 Å². The Morgan fingerprint density at radius 1 is 1.09 bits per heavy atom. The van der Waals surface area contributed by atoms with Crippen molar-refractivity contribution in [3.63, 3.8) is 0 Å². The number of anilines is 1. The first-order valence-electron chi connectivity index (χ1n) is 15.8. The van der Waals surface area contributed by atoms with Crippen LogP contribution in [0.4, 0.5) is 10.1 Å². The number of nitrogens with one attached hydrogen (secondary N) is 3. The lowest BCUT2D eigenvalue weighted by Gasteiger charge is -2.32. The van der Waals surface area contributed by atoms with Crippen molar-refractivity contribution >= 4 is 46.4 Å². The van der Waals surface area contributed by atoms with Crippen LogP contribution in [0.3, 0.4) is 0 Å². The molecule has 1 atom stereocenters. The van der Waals surface area contributed by atoms with Gasteiger partial charge < -0.3 is 25.6 Å². The molecular formula is C32H39FN8O5S. The molecule has 4 amide bonds. The minimum atomic E-state index is -0.884. The van der Waals surface area contributed by atoms with E-state index < -0.39 is 35.5 Å². The zero-order valence-electron chi connectivity index (χ0n) is 26.6. The first-order chi connectivity index (χ1) is 22.7. The largest absolute Gasteiger partial charge is 0.378 e. The Balaban J connectivity index is 1.38. The third-order valence-corrected chi connectivity index (χ3v) is 9.38. The highest BCUT2D eigenvalue weighted by molar-refractivity contribution is 7.07. The second-order valence-corrected chi connectivity index (χ2v) is 12.6. The number of halogens is 1. The molecule has 1 aliphatic heterocycles. The normalized spacial score (nSPS) is 19.4. The average Bonchev–Trinajstić information content (AvgIpc) is 3.80. The van der Waals surface area contributed by atoms with Crippen LogP contribution in [0.2, 0.25) is 0 Å². The molecule has 1 aliphatic carbocycles. The number of aromatic nitrogens is 4.